The van der Waals surface area contributed by atoms with E-state index < -0.39 is 0 Å². The Morgan fingerprint density at radius 3 is 2.61 bits per heavy atom. The minimum absolute atomic E-state index is 0.272. The number of hydrogen-bond donors (Lipinski definition) is 1. The molecule has 2 aromatic carbocycles. The molecule has 1 aliphatic rings. The van der Waals surface area contributed by atoms with Crippen LogP contribution in [0.2, 0.25) is 0 Å². The predicted octanol–water partition coefficient (Wildman–Crippen LogP) is 4.49. The summed E-state index contributed by atoms with van der Waals surface area (Å²) >= 11 is 0. The molecule has 0 aromatic heterocycles. The molecule has 0 amide bonds. The van der Waals surface area contributed by atoms with Crippen molar-refractivity contribution in [1.29, 1.82) is 0 Å². The van der Waals surface area contributed by atoms with E-state index in [4.69, 9.17) is 14.7 Å². The van der Waals surface area contributed by atoms with Crippen LogP contribution in [0.3, 0.4) is 0 Å². The molecule has 0 spiro atoms. The monoisotopic (exact) mass is 311 g/mol. The summed E-state index contributed by atoms with van der Waals surface area (Å²) in [4.78, 5) is 0. The third-order valence-electron chi connectivity index (χ3n) is 4.23. The number of rotatable bonds is 5. The summed E-state index contributed by atoms with van der Waals surface area (Å²) < 4.78 is 11.6. The second-order valence-corrected chi connectivity index (χ2v) is 5.72. The van der Waals surface area contributed by atoms with E-state index in [1.54, 1.807) is 7.11 Å². The average molecular weight is 311 g/mol. The first-order valence-corrected chi connectivity index (χ1v) is 7.93. The molecule has 0 saturated heterocycles. The molecule has 0 radical (unpaired) electrons. The van der Waals surface area contributed by atoms with Crippen LogP contribution < -0.4 is 9.47 Å². The van der Waals surface area contributed by atoms with Crippen LogP contribution in [0.25, 0.3) is 11.1 Å². The van der Waals surface area contributed by atoms with E-state index in [2.05, 4.69) is 5.16 Å². The van der Waals surface area contributed by atoms with Crippen molar-refractivity contribution in [3.05, 3.63) is 48.0 Å². The Morgan fingerprint density at radius 2 is 1.87 bits per heavy atom. The van der Waals surface area contributed by atoms with Crippen LogP contribution in [0.4, 0.5) is 0 Å². The molecule has 0 unspecified atom stereocenters. The third-order valence-corrected chi connectivity index (χ3v) is 4.23. The summed E-state index contributed by atoms with van der Waals surface area (Å²) in [5.41, 5.74) is 2.85. The maximum Gasteiger partial charge on any atom is 0.162 e. The van der Waals surface area contributed by atoms with Gasteiger partial charge in [-0.15, -0.1) is 0 Å². The van der Waals surface area contributed by atoms with Crippen molar-refractivity contribution in [1.82, 2.24) is 0 Å². The van der Waals surface area contributed by atoms with Gasteiger partial charge in [-0.2, -0.15) is 0 Å². The number of ether oxygens (including phenoxy) is 2. The zero-order valence-electron chi connectivity index (χ0n) is 13.2. The molecule has 23 heavy (non-hydrogen) atoms. The molecule has 1 fully saturated rings. The smallest absolute Gasteiger partial charge is 0.162 e. The second-order valence-electron chi connectivity index (χ2n) is 5.72. The Kier molecular flexibility index (Phi) is 4.81. The molecule has 0 bridgehead atoms. The van der Waals surface area contributed by atoms with Gasteiger partial charge in [-0.3, -0.25) is 0 Å². The summed E-state index contributed by atoms with van der Waals surface area (Å²) in [5, 5.41) is 12.0. The third kappa shape index (κ3) is 3.47. The molecule has 1 saturated carbocycles. The van der Waals surface area contributed by atoms with E-state index in [1.807, 2.05) is 42.5 Å². The number of methoxy groups -OCH3 is 1. The van der Waals surface area contributed by atoms with E-state index in [-0.39, 0.29) is 6.10 Å². The summed E-state index contributed by atoms with van der Waals surface area (Å²) in [6.45, 7) is 0. The minimum atomic E-state index is 0.272. The molecular weight excluding hydrogens is 290 g/mol. The molecule has 2 aromatic rings. The lowest BCUT2D eigenvalue weighted by molar-refractivity contribution is 0.201. The highest BCUT2D eigenvalue weighted by Gasteiger charge is 2.19. The number of nitrogens with zero attached hydrogens (tertiary/aromatic N) is 1. The van der Waals surface area contributed by atoms with Crippen LogP contribution in [0.1, 0.15) is 31.2 Å². The van der Waals surface area contributed by atoms with Crippen molar-refractivity contribution in [3.8, 4) is 22.6 Å². The summed E-state index contributed by atoms with van der Waals surface area (Å²) in [7, 11) is 1.66. The quantitative estimate of drug-likeness (QED) is 0.503. The SMILES string of the molecule is COc1ccc(-c2ccccc2/C=N\O)cc1OC1CCCC1. The second kappa shape index (κ2) is 7.18. The van der Waals surface area contributed by atoms with E-state index >= 15 is 0 Å². The van der Waals surface area contributed by atoms with Crippen molar-refractivity contribution >= 4 is 6.21 Å². The van der Waals surface area contributed by atoms with Gasteiger partial charge in [0.05, 0.1) is 19.4 Å². The van der Waals surface area contributed by atoms with Gasteiger partial charge in [0.15, 0.2) is 11.5 Å². The van der Waals surface area contributed by atoms with E-state index in [9.17, 15) is 0 Å². The molecule has 4 nitrogen and oxygen atoms in total. The fraction of sp³-hybridized carbons (Fsp3) is 0.316. The van der Waals surface area contributed by atoms with Gasteiger partial charge in [0.1, 0.15) is 0 Å². The van der Waals surface area contributed by atoms with Gasteiger partial charge in [0.25, 0.3) is 0 Å². The first kappa shape index (κ1) is 15.4. The number of hydrogen-bond acceptors (Lipinski definition) is 4. The molecule has 4 heteroatoms. The minimum Gasteiger partial charge on any atom is -0.493 e. The molecule has 1 N–H and O–H groups in total. The van der Waals surface area contributed by atoms with Crippen LogP contribution in [0.5, 0.6) is 11.5 Å². The van der Waals surface area contributed by atoms with Gasteiger partial charge in [0, 0.05) is 5.56 Å². The topological polar surface area (TPSA) is 51.0 Å². The summed E-state index contributed by atoms with van der Waals surface area (Å²) in [5.74, 6) is 1.52. The van der Waals surface area contributed by atoms with Gasteiger partial charge >= 0.3 is 0 Å². The Morgan fingerprint density at radius 1 is 1.09 bits per heavy atom. The van der Waals surface area contributed by atoms with Crippen LogP contribution in [0.15, 0.2) is 47.6 Å². The van der Waals surface area contributed by atoms with Crippen LogP contribution >= 0.6 is 0 Å². The highest BCUT2D eigenvalue weighted by molar-refractivity contribution is 5.90. The molecule has 1 aliphatic carbocycles. The van der Waals surface area contributed by atoms with E-state index in [0.717, 1.165) is 41.0 Å². The van der Waals surface area contributed by atoms with Crippen LogP contribution in [-0.4, -0.2) is 24.6 Å². The molecule has 0 aliphatic heterocycles. The molecular formula is C19H21NO3. The Labute approximate surface area is 136 Å². The van der Waals surface area contributed by atoms with Crippen LogP contribution in [-0.2, 0) is 0 Å². The largest absolute Gasteiger partial charge is 0.493 e. The van der Waals surface area contributed by atoms with Crippen LogP contribution in [0, 0.1) is 0 Å². The highest BCUT2D eigenvalue weighted by Crippen LogP contribution is 2.36. The summed E-state index contributed by atoms with van der Waals surface area (Å²) in [6, 6.07) is 13.7. The first-order chi connectivity index (χ1) is 11.3. The Balaban J connectivity index is 1.97. The predicted molar refractivity (Wildman–Crippen MR) is 90.7 cm³/mol. The molecule has 0 atom stereocenters. The van der Waals surface area contributed by atoms with Crippen molar-refractivity contribution < 1.29 is 14.7 Å². The molecule has 3 rings (SSSR count). The highest BCUT2D eigenvalue weighted by atomic mass is 16.5. The number of benzene rings is 2. The number of oxime groups is 1. The van der Waals surface area contributed by atoms with Gasteiger partial charge in [-0.25, -0.2) is 0 Å². The fourth-order valence-electron chi connectivity index (χ4n) is 3.06. The Hall–Kier alpha value is -2.49. The zero-order chi connectivity index (χ0) is 16.1. The van der Waals surface area contributed by atoms with Gasteiger partial charge in [-0.05, 0) is 48.9 Å². The van der Waals surface area contributed by atoms with Gasteiger partial charge in [0.2, 0.25) is 0 Å². The van der Waals surface area contributed by atoms with Crippen molar-refractivity contribution in [2.24, 2.45) is 5.16 Å². The standard InChI is InChI=1S/C19H21NO3/c1-22-18-11-10-14(12-19(18)23-16-7-3-4-8-16)17-9-5-2-6-15(17)13-20-21/h2,5-6,9-13,16,21H,3-4,7-8H2,1H3/b20-13-. The van der Waals surface area contributed by atoms with E-state index in [1.165, 1.54) is 19.1 Å². The maximum atomic E-state index is 8.84. The van der Waals surface area contributed by atoms with Gasteiger partial charge in [-0.1, -0.05) is 35.5 Å². The fourth-order valence-corrected chi connectivity index (χ4v) is 3.06. The van der Waals surface area contributed by atoms with Crippen molar-refractivity contribution in [2.45, 2.75) is 31.8 Å². The van der Waals surface area contributed by atoms with Crippen molar-refractivity contribution in [3.63, 3.8) is 0 Å². The normalized spacial score (nSPS) is 15.2. The lowest BCUT2D eigenvalue weighted by atomic mass is 10.00. The zero-order valence-corrected chi connectivity index (χ0v) is 13.2. The summed E-state index contributed by atoms with van der Waals surface area (Å²) in [6.07, 6.45) is 6.36. The molecule has 120 valence electrons. The average Bonchev–Trinajstić information content (AvgIpc) is 3.09. The Bertz CT molecular complexity index is 691. The van der Waals surface area contributed by atoms with Gasteiger partial charge < -0.3 is 14.7 Å². The first-order valence-electron chi connectivity index (χ1n) is 7.93. The molecule has 0 heterocycles. The van der Waals surface area contributed by atoms with E-state index in [0.29, 0.717) is 0 Å². The maximum absolute atomic E-state index is 8.84. The lowest BCUT2D eigenvalue weighted by Gasteiger charge is -2.17. The van der Waals surface area contributed by atoms with Crippen molar-refractivity contribution in [2.75, 3.05) is 7.11 Å². The lowest BCUT2D eigenvalue weighted by Crippen LogP contribution is -2.11.